The number of nitrogens with one attached hydrogen (secondary N) is 1. The Bertz CT molecular complexity index is 677. The van der Waals surface area contributed by atoms with Gasteiger partial charge in [-0.2, -0.15) is 0 Å². The van der Waals surface area contributed by atoms with E-state index in [2.05, 4.69) is 10.3 Å². The number of carbonyl (C=O) groups is 2. The van der Waals surface area contributed by atoms with Crippen molar-refractivity contribution >= 4 is 35.1 Å². The Morgan fingerprint density at radius 2 is 1.76 bits per heavy atom. The van der Waals surface area contributed by atoms with E-state index in [-0.39, 0.29) is 15.9 Å². The van der Waals surface area contributed by atoms with Gasteiger partial charge in [0.05, 0.1) is 5.02 Å². The molecule has 0 bridgehead atoms. The van der Waals surface area contributed by atoms with Gasteiger partial charge in [-0.15, -0.1) is 0 Å². The number of carbonyl (C=O) groups excluding carboxylic acids is 1. The van der Waals surface area contributed by atoms with Crippen LogP contribution in [0.3, 0.4) is 0 Å². The largest absolute Gasteiger partial charge is 0.479 e. The van der Waals surface area contributed by atoms with Crippen LogP contribution in [-0.4, -0.2) is 22.0 Å². The second kappa shape index (κ2) is 6.56. The van der Waals surface area contributed by atoms with Gasteiger partial charge in [-0.25, -0.2) is 9.78 Å². The summed E-state index contributed by atoms with van der Waals surface area (Å²) in [6.45, 7) is 0. The minimum absolute atomic E-state index is 0.0918. The van der Waals surface area contributed by atoms with Gasteiger partial charge in [-0.05, 0) is 17.7 Å². The second-order valence-electron chi connectivity index (χ2n) is 4.12. The second-order valence-corrected chi connectivity index (χ2v) is 4.91. The Balaban J connectivity index is 2.27. The molecule has 2 N–H and O–H groups in total. The molecule has 21 heavy (non-hydrogen) atoms. The highest BCUT2D eigenvalue weighted by Gasteiger charge is 2.24. The Hall–Kier alpha value is -2.11. The molecule has 1 heterocycles. The topological polar surface area (TPSA) is 79.3 Å². The Kier molecular flexibility index (Phi) is 4.77. The van der Waals surface area contributed by atoms with Crippen LogP contribution in [0.2, 0.25) is 10.2 Å². The first kappa shape index (κ1) is 15.3. The van der Waals surface area contributed by atoms with E-state index in [1.165, 1.54) is 12.1 Å². The van der Waals surface area contributed by atoms with Gasteiger partial charge in [-0.1, -0.05) is 53.5 Å². The van der Waals surface area contributed by atoms with Crippen LogP contribution in [0.25, 0.3) is 0 Å². The van der Waals surface area contributed by atoms with Crippen LogP contribution < -0.4 is 5.32 Å². The Labute approximate surface area is 130 Å². The maximum atomic E-state index is 12.1. The first-order valence-corrected chi connectivity index (χ1v) is 6.65. The summed E-state index contributed by atoms with van der Waals surface area (Å²) < 4.78 is 0. The lowest BCUT2D eigenvalue weighted by atomic mass is 10.1. The summed E-state index contributed by atoms with van der Waals surface area (Å²) in [5.74, 6) is -1.90. The fraction of sp³-hybridized carbons (Fsp3) is 0.0714. The molecule has 1 aromatic carbocycles. The minimum atomic E-state index is -1.20. The molecule has 7 heteroatoms. The van der Waals surface area contributed by atoms with Crippen molar-refractivity contribution in [2.24, 2.45) is 0 Å². The van der Waals surface area contributed by atoms with E-state index >= 15 is 0 Å². The molecular weight excluding hydrogens is 315 g/mol. The van der Waals surface area contributed by atoms with E-state index < -0.39 is 17.9 Å². The summed E-state index contributed by atoms with van der Waals surface area (Å²) in [6.07, 6.45) is 0. The average molecular weight is 325 g/mol. The Morgan fingerprint density at radius 3 is 2.38 bits per heavy atom. The summed E-state index contributed by atoms with van der Waals surface area (Å²) in [6, 6.07) is 9.98. The molecule has 0 spiro atoms. The molecule has 0 saturated heterocycles. The number of aliphatic carboxylic acids is 1. The lowest BCUT2D eigenvalue weighted by Crippen LogP contribution is -2.34. The van der Waals surface area contributed by atoms with Crippen molar-refractivity contribution in [3.8, 4) is 0 Å². The number of benzene rings is 1. The lowest BCUT2D eigenvalue weighted by molar-refractivity contribution is -0.139. The first-order chi connectivity index (χ1) is 9.99. The van der Waals surface area contributed by atoms with Crippen LogP contribution in [0.1, 0.15) is 22.1 Å². The number of aromatic nitrogens is 1. The summed E-state index contributed by atoms with van der Waals surface area (Å²) >= 11 is 11.6. The molecule has 5 nitrogen and oxygen atoms in total. The molecule has 0 saturated carbocycles. The molecule has 0 aliphatic carbocycles. The van der Waals surface area contributed by atoms with Crippen molar-refractivity contribution in [2.75, 3.05) is 0 Å². The highest BCUT2D eigenvalue weighted by atomic mass is 35.5. The molecule has 0 radical (unpaired) electrons. The quantitative estimate of drug-likeness (QED) is 0.847. The van der Waals surface area contributed by atoms with Crippen molar-refractivity contribution in [3.05, 3.63) is 63.9 Å². The molecule has 2 rings (SSSR count). The molecule has 1 aromatic heterocycles. The van der Waals surface area contributed by atoms with Crippen molar-refractivity contribution in [1.29, 1.82) is 0 Å². The average Bonchev–Trinajstić information content (AvgIpc) is 2.47. The fourth-order valence-electron chi connectivity index (χ4n) is 1.71. The number of carboxylic acids is 1. The van der Waals surface area contributed by atoms with E-state index in [9.17, 15) is 14.7 Å². The summed E-state index contributed by atoms with van der Waals surface area (Å²) in [7, 11) is 0. The van der Waals surface area contributed by atoms with E-state index in [1.807, 2.05) is 0 Å². The van der Waals surface area contributed by atoms with Gasteiger partial charge in [0.15, 0.2) is 6.04 Å². The molecule has 1 amide bonds. The summed E-state index contributed by atoms with van der Waals surface area (Å²) in [5, 5.41) is 11.8. The number of nitrogens with zero attached hydrogens (tertiary/aromatic N) is 1. The Morgan fingerprint density at radius 1 is 1.10 bits per heavy atom. The normalized spacial score (nSPS) is 11.7. The standard InChI is InChI=1S/C14H10Cl2N2O3/c15-9-6-7-10(16)17-12(9)13(19)18-11(14(20)21)8-4-2-1-3-5-8/h1-7,11H,(H,18,19)(H,20,21). The van der Waals surface area contributed by atoms with Gasteiger partial charge >= 0.3 is 5.97 Å². The van der Waals surface area contributed by atoms with Crippen LogP contribution in [0, 0.1) is 0 Å². The van der Waals surface area contributed by atoms with Crippen LogP contribution in [-0.2, 0) is 4.79 Å². The first-order valence-electron chi connectivity index (χ1n) is 5.89. The number of pyridine rings is 1. The molecule has 0 aliphatic heterocycles. The number of carboxylic acid groups (broad SMARTS) is 1. The van der Waals surface area contributed by atoms with E-state index in [1.54, 1.807) is 30.3 Å². The van der Waals surface area contributed by atoms with Crippen molar-refractivity contribution in [2.45, 2.75) is 6.04 Å². The third kappa shape index (κ3) is 3.71. The molecule has 108 valence electrons. The molecule has 1 unspecified atom stereocenters. The zero-order valence-corrected chi connectivity index (χ0v) is 12.1. The van der Waals surface area contributed by atoms with Crippen LogP contribution >= 0.6 is 23.2 Å². The zero-order chi connectivity index (χ0) is 15.4. The molecule has 1 atom stereocenters. The van der Waals surface area contributed by atoms with Gasteiger partial charge in [0.2, 0.25) is 0 Å². The maximum absolute atomic E-state index is 12.1. The van der Waals surface area contributed by atoms with E-state index in [4.69, 9.17) is 23.2 Å². The molecule has 0 aliphatic rings. The molecular formula is C14H10Cl2N2O3. The van der Waals surface area contributed by atoms with E-state index in [0.717, 1.165) is 0 Å². The number of hydrogen-bond donors (Lipinski definition) is 2. The van der Waals surface area contributed by atoms with Gasteiger partial charge in [0.1, 0.15) is 10.8 Å². The number of amides is 1. The van der Waals surface area contributed by atoms with Gasteiger partial charge in [0, 0.05) is 0 Å². The zero-order valence-electron chi connectivity index (χ0n) is 10.6. The SMILES string of the molecule is O=C(NC(C(=O)O)c1ccccc1)c1nc(Cl)ccc1Cl. The van der Waals surface area contributed by atoms with Crippen molar-refractivity contribution < 1.29 is 14.7 Å². The predicted octanol–water partition coefficient (Wildman–Crippen LogP) is 2.94. The van der Waals surface area contributed by atoms with E-state index in [0.29, 0.717) is 5.56 Å². The van der Waals surface area contributed by atoms with Crippen LogP contribution in [0.4, 0.5) is 0 Å². The number of hydrogen-bond acceptors (Lipinski definition) is 3. The van der Waals surface area contributed by atoms with Crippen LogP contribution in [0.5, 0.6) is 0 Å². The number of halogens is 2. The van der Waals surface area contributed by atoms with Gasteiger partial charge in [-0.3, -0.25) is 4.79 Å². The van der Waals surface area contributed by atoms with Crippen molar-refractivity contribution in [1.82, 2.24) is 10.3 Å². The van der Waals surface area contributed by atoms with Gasteiger partial charge in [0.25, 0.3) is 5.91 Å². The minimum Gasteiger partial charge on any atom is -0.479 e. The summed E-state index contributed by atoms with van der Waals surface area (Å²) in [5.41, 5.74) is 0.322. The molecule has 0 fully saturated rings. The monoisotopic (exact) mass is 324 g/mol. The smallest absolute Gasteiger partial charge is 0.330 e. The molecule has 2 aromatic rings. The highest BCUT2D eigenvalue weighted by molar-refractivity contribution is 6.34. The third-order valence-electron chi connectivity index (χ3n) is 2.68. The van der Waals surface area contributed by atoms with Crippen molar-refractivity contribution in [3.63, 3.8) is 0 Å². The lowest BCUT2D eigenvalue weighted by Gasteiger charge is -2.15. The fourth-order valence-corrected chi connectivity index (χ4v) is 2.05. The summed E-state index contributed by atoms with van der Waals surface area (Å²) in [4.78, 5) is 27.3. The maximum Gasteiger partial charge on any atom is 0.330 e. The predicted molar refractivity (Wildman–Crippen MR) is 78.5 cm³/mol. The third-order valence-corrected chi connectivity index (χ3v) is 3.20. The highest BCUT2D eigenvalue weighted by Crippen LogP contribution is 2.19. The van der Waals surface area contributed by atoms with Gasteiger partial charge < -0.3 is 10.4 Å². The van der Waals surface area contributed by atoms with Crippen LogP contribution in [0.15, 0.2) is 42.5 Å². The number of rotatable bonds is 4.